The summed E-state index contributed by atoms with van der Waals surface area (Å²) in [4.78, 5) is 23.8. The number of amides is 1. The highest BCUT2D eigenvalue weighted by molar-refractivity contribution is 8.01. The van der Waals surface area contributed by atoms with Crippen LogP contribution in [0.3, 0.4) is 0 Å². The lowest BCUT2D eigenvalue weighted by Crippen LogP contribution is -2.10. The molecule has 0 aliphatic carbocycles. The van der Waals surface area contributed by atoms with Gasteiger partial charge in [0.15, 0.2) is 10.1 Å². The number of Topliss-reactive ketones (excluding diaryl/α,β-unsaturated/α-hetero) is 1. The fraction of sp³-hybridized carbons (Fsp3) is 0.375. The molecule has 0 spiro atoms. The first kappa shape index (κ1) is 18.4. The van der Waals surface area contributed by atoms with E-state index in [4.69, 9.17) is 4.74 Å². The number of anilines is 1. The van der Waals surface area contributed by atoms with Crippen molar-refractivity contribution in [2.24, 2.45) is 0 Å². The fourth-order valence-electron chi connectivity index (χ4n) is 1.84. The molecule has 1 heterocycles. The highest BCUT2D eigenvalue weighted by Gasteiger charge is 2.12. The Morgan fingerprint density at radius 1 is 1.33 bits per heavy atom. The van der Waals surface area contributed by atoms with Crippen molar-refractivity contribution in [2.45, 2.75) is 30.5 Å². The molecule has 6 nitrogen and oxygen atoms in total. The van der Waals surface area contributed by atoms with E-state index in [2.05, 4.69) is 15.5 Å². The lowest BCUT2D eigenvalue weighted by atomic mass is 10.1. The van der Waals surface area contributed by atoms with Gasteiger partial charge in [-0.2, -0.15) is 0 Å². The Morgan fingerprint density at radius 3 is 2.92 bits per heavy atom. The predicted molar refractivity (Wildman–Crippen MR) is 96.1 cm³/mol. The van der Waals surface area contributed by atoms with Crippen molar-refractivity contribution < 1.29 is 14.3 Å². The van der Waals surface area contributed by atoms with Crippen LogP contribution in [0.4, 0.5) is 5.13 Å². The summed E-state index contributed by atoms with van der Waals surface area (Å²) in [5.41, 5.74) is 0.597. The Morgan fingerprint density at radius 2 is 2.17 bits per heavy atom. The van der Waals surface area contributed by atoms with E-state index in [1.54, 1.807) is 31.4 Å². The summed E-state index contributed by atoms with van der Waals surface area (Å²) >= 11 is 2.58. The average molecular weight is 365 g/mol. The van der Waals surface area contributed by atoms with Gasteiger partial charge in [0.2, 0.25) is 11.0 Å². The third kappa shape index (κ3) is 5.61. The summed E-state index contributed by atoms with van der Waals surface area (Å²) in [7, 11) is 1.57. The van der Waals surface area contributed by atoms with Crippen molar-refractivity contribution in [1.82, 2.24) is 10.2 Å². The second-order valence-corrected chi connectivity index (χ2v) is 7.17. The number of hydrogen-bond donors (Lipinski definition) is 1. The highest BCUT2D eigenvalue weighted by Crippen LogP contribution is 2.26. The Kier molecular flexibility index (Phi) is 7.20. The molecule has 0 aliphatic rings. The van der Waals surface area contributed by atoms with Crippen LogP contribution in [0.2, 0.25) is 0 Å². The number of unbranched alkanes of at least 4 members (excludes halogenated alkanes) is 1. The predicted octanol–water partition coefficient (Wildman–Crippen LogP) is 3.65. The minimum Gasteiger partial charge on any atom is -0.497 e. The van der Waals surface area contributed by atoms with Crippen LogP contribution in [0.5, 0.6) is 5.75 Å². The first-order valence-corrected chi connectivity index (χ1v) is 9.36. The number of nitrogens with zero attached hydrogens (tertiary/aromatic N) is 2. The summed E-state index contributed by atoms with van der Waals surface area (Å²) in [6.45, 7) is 2.03. The Labute approximate surface area is 149 Å². The van der Waals surface area contributed by atoms with Crippen LogP contribution in [0.1, 0.15) is 36.5 Å². The number of nitrogens with one attached hydrogen (secondary N) is 1. The molecule has 0 fully saturated rings. The lowest BCUT2D eigenvalue weighted by molar-refractivity contribution is -0.116. The van der Waals surface area contributed by atoms with Crippen molar-refractivity contribution in [3.8, 4) is 5.75 Å². The van der Waals surface area contributed by atoms with Gasteiger partial charge in [0, 0.05) is 12.0 Å². The van der Waals surface area contributed by atoms with Gasteiger partial charge in [-0.3, -0.25) is 9.59 Å². The van der Waals surface area contributed by atoms with Gasteiger partial charge >= 0.3 is 0 Å². The molecule has 2 rings (SSSR count). The number of carbonyl (C=O) groups excluding carboxylic acids is 2. The Hall–Kier alpha value is -1.93. The molecular formula is C16H19N3O3S2. The standard InChI is InChI=1S/C16H19N3O3S2/c1-3-4-8-14(21)17-15-18-19-16(24-15)23-10-13(20)11-6-5-7-12(9-11)22-2/h5-7,9H,3-4,8,10H2,1-2H3,(H,17,18,21). The molecule has 0 aliphatic heterocycles. The molecule has 0 bridgehead atoms. The van der Waals surface area contributed by atoms with Gasteiger partial charge in [0.25, 0.3) is 0 Å². The van der Waals surface area contributed by atoms with E-state index in [-0.39, 0.29) is 17.4 Å². The highest BCUT2D eigenvalue weighted by atomic mass is 32.2. The first-order valence-electron chi connectivity index (χ1n) is 7.55. The Bertz CT molecular complexity index is 703. The number of carbonyl (C=O) groups is 2. The van der Waals surface area contributed by atoms with Crippen molar-refractivity contribution in [3.05, 3.63) is 29.8 Å². The van der Waals surface area contributed by atoms with Crippen molar-refractivity contribution in [1.29, 1.82) is 0 Å². The SMILES string of the molecule is CCCCC(=O)Nc1nnc(SCC(=O)c2cccc(OC)c2)s1. The number of aromatic nitrogens is 2. The van der Waals surface area contributed by atoms with Gasteiger partial charge in [0.05, 0.1) is 12.9 Å². The molecule has 0 unspecified atom stereocenters. The molecule has 0 saturated heterocycles. The smallest absolute Gasteiger partial charge is 0.226 e. The van der Waals surface area contributed by atoms with E-state index >= 15 is 0 Å². The third-order valence-electron chi connectivity index (χ3n) is 3.13. The number of ketones is 1. The maximum Gasteiger partial charge on any atom is 0.226 e. The second-order valence-electron chi connectivity index (χ2n) is 4.97. The molecule has 128 valence electrons. The van der Waals surface area contributed by atoms with Crippen molar-refractivity contribution >= 4 is 39.9 Å². The van der Waals surface area contributed by atoms with E-state index in [0.29, 0.717) is 27.2 Å². The minimum absolute atomic E-state index is 0.0115. The summed E-state index contributed by atoms with van der Waals surface area (Å²) in [5.74, 6) is 0.837. The number of thioether (sulfide) groups is 1. The van der Waals surface area contributed by atoms with Gasteiger partial charge in [-0.25, -0.2) is 0 Å². The van der Waals surface area contributed by atoms with Crippen molar-refractivity contribution in [3.63, 3.8) is 0 Å². The molecule has 1 aromatic carbocycles. The van der Waals surface area contributed by atoms with Crippen LogP contribution < -0.4 is 10.1 Å². The van der Waals surface area contributed by atoms with Gasteiger partial charge in [-0.05, 0) is 18.6 Å². The van der Waals surface area contributed by atoms with Crippen LogP contribution in [0.25, 0.3) is 0 Å². The molecule has 24 heavy (non-hydrogen) atoms. The van der Waals surface area contributed by atoms with E-state index < -0.39 is 0 Å². The van der Waals surface area contributed by atoms with Gasteiger partial charge in [-0.1, -0.05) is 48.6 Å². The number of benzene rings is 1. The Balaban J connectivity index is 1.86. The fourth-order valence-corrected chi connectivity index (χ4v) is 3.51. The maximum absolute atomic E-state index is 12.2. The van der Waals surface area contributed by atoms with Crippen LogP contribution in [-0.4, -0.2) is 34.8 Å². The average Bonchev–Trinajstić information content (AvgIpc) is 3.05. The first-order chi connectivity index (χ1) is 11.6. The molecule has 0 saturated carbocycles. The summed E-state index contributed by atoms with van der Waals surface area (Å²) < 4.78 is 5.77. The van der Waals surface area contributed by atoms with E-state index in [9.17, 15) is 9.59 Å². The monoisotopic (exact) mass is 365 g/mol. The molecule has 0 radical (unpaired) electrons. The molecule has 8 heteroatoms. The number of ether oxygens (including phenoxy) is 1. The zero-order valence-corrected chi connectivity index (χ0v) is 15.2. The quantitative estimate of drug-likeness (QED) is 0.415. The van der Waals surface area contributed by atoms with Gasteiger partial charge < -0.3 is 10.1 Å². The normalized spacial score (nSPS) is 10.4. The molecule has 1 amide bonds. The zero-order valence-electron chi connectivity index (χ0n) is 13.6. The maximum atomic E-state index is 12.2. The number of rotatable bonds is 9. The van der Waals surface area contributed by atoms with E-state index in [1.165, 1.54) is 23.1 Å². The van der Waals surface area contributed by atoms with Gasteiger partial charge in [-0.15, -0.1) is 10.2 Å². The summed E-state index contributed by atoms with van der Waals surface area (Å²) in [6.07, 6.45) is 2.30. The summed E-state index contributed by atoms with van der Waals surface area (Å²) in [6, 6.07) is 7.04. The molecule has 2 aromatic rings. The largest absolute Gasteiger partial charge is 0.497 e. The van der Waals surface area contributed by atoms with E-state index in [1.807, 2.05) is 6.92 Å². The van der Waals surface area contributed by atoms with Crippen molar-refractivity contribution in [2.75, 3.05) is 18.2 Å². The van der Waals surface area contributed by atoms with Crippen LogP contribution in [0.15, 0.2) is 28.6 Å². The number of methoxy groups -OCH3 is 1. The molecule has 1 aromatic heterocycles. The van der Waals surface area contributed by atoms with E-state index in [0.717, 1.165) is 12.8 Å². The van der Waals surface area contributed by atoms with Crippen LogP contribution >= 0.6 is 23.1 Å². The number of hydrogen-bond acceptors (Lipinski definition) is 7. The molecular weight excluding hydrogens is 346 g/mol. The van der Waals surface area contributed by atoms with Crippen LogP contribution in [-0.2, 0) is 4.79 Å². The van der Waals surface area contributed by atoms with Crippen LogP contribution in [0, 0.1) is 0 Å². The lowest BCUT2D eigenvalue weighted by Gasteiger charge is -2.02. The summed E-state index contributed by atoms with van der Waals surface area (Å²) in [5, 5.41) is 11.1. The minimum atomic E-state index is -0.0583. The third-order valence-corrected chi connectivity index (χ3v) is 5.10. The molecule has 1 N–H and O–H groups in total. The molecule has 0 atom stereocenters. The zero-order chi connectivity index (χ0) is 17.4. The topological polar surface area (TPSA) is 81.2 Å². The van der Waals surface area contributed by atoms with Gasteiger partial charge in [0.1, 0.15) is 5.75 Å². The second kappa shape index (κ2) is 9.39.